The molecule has 1 fully saturated rings. The van der Waals surface area contributed by atoms with E-state index >= 15 is 0 Å². The van der Waals surface area contributed by atoms with Crippen LogP contribution in [0.5, 0.6) is 5.75 Å². The van der Waals surface area contributed by atoms with Crippen LogP contribution in [0.1, 0.15) is 12.8 Å². The van der Waals surface area contributed by atoms with Gasteiger partial charge in [0.2, 0.25) is 0 Å². The lowest BCUT2D eigenvalue weighted by Gasteiger charge is -2.23. The molecule has 1 aromatic carbocycles. The van der Waals surface area contributed by atoms with Gasteiger partial charge in [-0.15, -0.1) is 0 Å². The molecule has 0 amide bonds. The van der Waals surface area contributed by atoms with E-state index in [2.05, 4.69) is 23.7 Å². The second-order valence-corrected chi connectivity index (χ2v) is 5.89. The summed E-state index contributed by atoms with van der Waals surface area (Å²) in [6, 6.07) is 8.43. The number of rotatable bonds is 6. The minimum Gasteiger partial charge on any atom is -0.491 e. The molecule has 100 valence electrons. The zero-order valence-corrected chi connectivity index (χ0v) is 11.8. The van der Waals surface area contributed by atoms with Crippen LogP contribution in [0.25, 0.3) is 0 Å². The minimum atomic E-state index is 0.720. The van der Waals surface area contributed by atoms with Crippen LogP contribution in [0.4, 0.5) is 5.69 Å². The Labute approximate surface area is 114 Å². The molecule has 0 aromatic heterocycles. The zero-order valence-electron chi connectivity index (χ0n) is 11.0. The number of benzene rings is 1. The van der Waals surface area contributed by atoms with Crippen molar-refractivity contribution in [2.24, 2.45) is 0 Å². The predicted octanol–water partition coefficient (Wildman–Crippen LogP) is 2.48. The summed E-state index contributed by atoms with van der Waals surface area (Å²) in [5, 5.41) is 0. The number of hydrogen-bond donors (Lipinski definition) is 1. The molecule has 0 aliphatic carbocycles. The first-order chi connectivity index (χ1) is 8.77. The fourth-order valence-electron chi connectivity index (χ4n) is 2.16. The lowest BCUT2D eigenvalue weighted by atomic mass is 10.2. The molecule has 1 aliphatic rings. The zero-order chi connectivity index (χ0) is 12.8. The molecule has 1 aliphatic heterocycles. The maximum Gasteiger partial charge on any atom is 0.142 e. The van der Waals surface area contributed by atoms with E-state index in [1.807, 2.05) is 24.3 Å². The van der Waals surface area contributed by atoms with Crippen LogP contribution in [0.3, 0.4) is 0 Å². The number of ether oxygens (including phenoxy) is 1. The van der Waals surface area contributed by atoms with Gasteiger partial charge in [0.1, 0.15) is 5.75 Å². The van der Waals surface area contributed by atoms with Gasteiger partial charge in [-0.25, -0.2) is 0 Å². The van der Waals surface area contributed by atoms with Gasteiger partial charge < -0.3 is 15.4 Å². The van der Waals surface area contributed by atoms with Gasteiger partial charge in [0.05, 0.1) is 12.3 Å². The molecular weight excluding hydrogens is 244 g/mol. The normalized spacial score (nSPS) is 19.3. The smallest absolute Gasteiger partial charge is 0.142 e. The van der Waals surface area contributed by atoms with Crippen LogP contribution in [-0.4, -0.2) is 42.6 Å². The summed E-state index contributed by atoms with van der Waals surface area (Å²) < 4.78 is 5.69. The van der Waals surface area contributed by atoms with Crippen molar-refractivity contribution >= 4 is 17.4 Å². The minimum absolute atomic E-state index is 0.720. The molecule has 1 atom stereocenters. The SMILES string of the molecule is CN(CCCOc1ccccc1N)C1CCSC1. The summed E-state index contributed by atoms with van der Waals surface area (Å²) in [6.45, 7) is 1.83. The summed E-state index contributed by atoms with van der Waals surface area (Å²) in [5.74, 6) is 3.39. The molecule has 0 bridgehead atoms. The molecule has 18 heavy (non-hydrogen) atoms. The molecule has 2 rings (SSSR count). The predicted molar refractivity (Wildman–Crippen MR) is 79.3 cm³/mol. The second-order valence-electron chi connectivity index (χ2n) is 4.74. The summed E-state index contributed by atoms with van der Waals surface area (Å²) in [7, 11) is 2.22. The molecule has 1 unspecified atom stereocenters. The van der Waals surface area contributed by atoms with Gasteiger partial charge in [-0.2, -0.15) is 11.8 Å². The third-order valence-corrected chi connectivity index (χ3v) is 4.51. The number of thioether (sulfide) groups is 1. The van der Waals surface area contributed by atoms with E-state index in [0.717, 1.165) is 37.1 Å². The van der Waals surface area contributed by atoms with Crippen LogP contribution in [0.2, 0.25) is 0 Å². The topological polar surface area (TPSA) is 38.5 Å². The third kappa shape index (κ3) is 3.82. The molecule has 0 saturated carbocycles. The number of hydrogen-bond acceptors (Lipinski definition) is 4. The van der Waals surface area contributed by atoms with Crippen LogP contribution in [-0.2, 0) is 0 Å². The first-order valence-corrected chi connectivity index (χ1v) is 7.68. The molecule has 1 heterocycles. The fourth-order valence-corrected chi connectivity index (χ4v) is 3.46. The van der Waals surface area contributed by atoms with E-state index in [-0.39, 0.29) is 0 Å². The highest BCUT2D eigenvalue weighted by Gasteiger charge is 2.19. The third-order valence-electron chi connectivity index (χ3n) is 3.36. The molecule has 4 heteroatoms. The number of nitrogen functional groups attached to an aromatic ring is 1. The Hall–Kier alpha value is -0.870. The van der Waals surface area contributed by atoms with Crippen molar-refractivity contribution in [3.8, 4) is 5.75 Å². The van der Waals surface area contributed by atoms with E-state index in [9.17, 15) is 0 Å². The Morgan fingerprint density at radius 1 is 1.44 bits per heavy atom. The number of anilines is 1. The number of para-hydroxylation sites is 2. The lowest BCUT2D eigenvalue weighted by Crippen LogP contribution is -2.32. The maximum absolute atomic E-state index is 5.82. The van der Waals surface area contributed by atoms with E-state index in [1.165, 1.54) is 17.9 Å². The Balaban J connectivity index is 1.65. The Bertz CT molecular complexity index is 367. The second kappa shape index (κ2) is 6.90. The highest BCUT2D eigenvalue weighted by Crippen LogP contribution is 2.22. The molecular formula is C14H22N2OS. The molecule has 2 N–H and O–H groups in total. The van der Waals surface area contributed by atoms with Crippen LogP contribution < -0.4 is 10.5 Å². The van der Waals surface area contributed by atoms with Gasteiger partial charge in [-0.05, 0) is 37.8 Å². The molecule has 0 spiro atoms. The van der Waals surface area contributed by atoms with E-state index < -0.39 is 0 Å². The Morgan fingerprint density at radius 3 is 3.00 bits per heavy atom. The Morgan fingerprint density at radius 2 is 2.28 bits per heavy atom. The van der Waals surface area contributed by atoms with Gasteiger partial charge in [0, 0.05) is 18.3 Å². The average molecular weight is 266 g/mol. The van der Waals surface area contributed by atoms with E-state index in [4.69, 9.17) is 10.5 Å². The van der Waals surface area contributed by atoms with E-state index in [0.29, 0.717) is 0 Å². The van der Waals surface area contributed by atoms with Crippen LogP contribution >= 0.6 is 11.8 Å². The largest absolute Gasteiger partial charge is 0.491 e. The monoisotopic (exact) mass is 266 g/mol. The molecule has 1 aromatic rings. The summed E-state index contributed by atoms with van der Waals surface area (Å²) in [5.41, 5.74) is 6.54. The molecule has 1 saturated heterocycles. The van der Waals surface area contributed by atoms with Crippen molar-refractivity contribution in [2.45, 2.75) is 18.9 Å². The van der Waals surface area contributed by atoms with Crippen molar-refractivity contribution in [3.63, 3.8) is 0 Å². The van der Waals surface area contributed by atoms with Gasteiger partial charge in [0.15, 0.2) is 0 Å². The highest BCUT2D eigenvalue weighted by atomic mass is 32.2. The van der Waals surface area contributed by atoms with Crippen molar-refractivity contribution in [1.29, 1.82) is 0 Å². The summed E-state index contributed by atoms with van der Waals surface area (Å²) in [4.78, 5) is 2.46. The van der Waals surface area contributed by atoms with Gasteiger partial charge in [0.25, 0.3) is 0 Å². The average Bonchev–Trinajstić information content (AvgIpc) is 2.90. The van der Waals surface area contributed by atoms with Crippen molar-refractivity contribution in [2.75, 3.05) is 37.4 Å². The Kier molecular flexibility index (Phi) is 5.20. The first-order valence-electron chi connectivity index (χ1n) is 6.52. The van der Waals surface area contributed by atoms with Crippen molar-refractivity contribution in [3.05, 3.63) is 24.3 Å². The van der Waals surface area contributed by atoms with Crippen LogP contribution in [0, 0.1) is 0 Å². The van der Waals surface area contributed by atoms with Crippen molar-refractivity contribution < 1.29 is 4.74 Å². The van der Waals surface area contributed by atoms with Gasteiger partial charge in [-0.3, -0.25) is 0 Å². The first kappa shape index (κ1) is 13.6. The fraction of sp³-hybridized carbons (Fsp3) is 0.571. The van der Waals surface area contributed by atoms with E-state index in [1.54, 1.807) is 0 Å². The lowest BCUT2D eigenvalue weighted by molar-refractivity contribution is 0.227. The van der Waals surface area contributed by atoms with Crippen LogP contribution in [0.15, 0.2) is 24.3 Å². The van der Waals surface area contributed by atoms with Crippen molar-refractivity contribution in [1.82, 2.24) is 4.90 Å². The quantitative estimate of drug-likeness (QED) is 0.634. The van der Waals surface area contributed by atoms with Gasteiger partial charge >= 0.3 is 0 Å². The highest BCUT2D eigenvalue weighted by molar-refractivity contribution is 7.99. The molecule has 0 radical (unpaired) electrons. The van der Waals surface area contributed by atoms with Gasteiger partial charge in [-0.1, -0.05) is 12.1 Å². The number of nitrogens with two attached hydrogens (primary N) is 1. The summed E-state index contributed by atoms with van der Waals surface area (Å²) >= 11 is 2.06. The number of nitrogens with zero attached hydrogens (tertiary/aromatic N) is 1. The summed E-state index contributed by atoms with van der Waals surface area (Å²) in [6.07, 6.45) is 2.37. The molecule has 3 nitrogen and oxygen atoms in total. The standard InChI is InChI=1S/C14H22N2OS/c1-16(12-7-10-18-11-12)8-4-9-17-14-6-3-2-5-13(14)15/h2-3,5-6,12H,4,7-11,15H2,1H3. The maximum atomic E-state index is 5.82.